The molecule has 2 rings (SSSR count). The molecule has 0 unspecified atom stereocenters. The number of primary sulfonamides is 1. The summed E-state index contributed by atoms with van der Waals surface area (Å²) in [6, 6.07) is 13.2. The van der Waals surface area contributed by atoms with Crippen LogP contribution in [0.3, 0.4) is 0 Å². The summed E-state index contributed by atoms with van der Waals surface area (Å²) in [5.74, 6) is -0.297. The molecule has 0 radical (unpaired) electrons. The van der Waals surface area contributed by atoms with Gasteiger partial charge < -0.3 is 10.2 Å². The molecule has 0 heterocycles. The van der Waals surface area contributed by atoms with Crippen molar-refractivity contribution in [3.63, 3.8) is 0 Å². The summed E-state index contributed by atoms with van der Waals surface area (Å²) in [6.07, 6.45) is 0.794. The molecule has 0 saturated carbocycles. The average Bonchev–Trinajstić information content (AvgIpc) is 2.60. The monoisotopic (exact) mass is 389 g/mol. The molecule has 0 aromatic heterocycles. The highest BCUT2D eigenvalue weighted by molar-refractivity contribution is 7.89. The lowest BCUT2D eigenvalue weighted by Crippen LogP contribution is -2.28. The molecule has 2 aromatic carbocycles. The minimum atomic E-state index is -3.86. The zero-order valence-electron chi connectivity index (χ0n) is 16.0. The molecule has 146 valence electrons. The average molecular weight is 390 g/mol. The van der Waals surface area contributed by atoms with E-state index >= 15 is 0 Å². The molecule has 0 aliphatic heterocycles. The second-order valence-electron chi connectivity index (χ2n) is 6.79. The fourth-order valence-electron chi connectivity index (χ4n) is 2.88. The van der Waals surface area contributed by atoms with Gasteiger partial charge in [0.05, 0.1) is 4.90 Å². The lowest BCUT2D eigenvalue weighted by molar-refractivity contribution is 0.0951. The lowest BCUT2D eigenvalue weighted by atomic mass is 10.1. The number of benzene rings is 2. The van der Waals surface area contributed by atoms with Gasteiger partial charge in [-0.2, -0.15) is 0 Å². The molecule has 0 aliphatic rings. The third kappa shape index (κ3) is 6.16. The Labute approximate surface area is 161 Å². The van der Waals surface area contributed by atoms with Crippen LogP contribution in [0.2, 0.25) is 0 Å². The molecular weight excluding hydrogens is 362 g/mol. The van der Waals surface area contributed by atoms with E-state index in [1.807, 2.05) is 25.2 Å². The number of nitrogens with two attached hydrogens (primary N) is 1. The van der Waals surface area contributed by atoms with Crippen LogP contribution in [0.5, 0.6) is 0 Å². The van der Waals surface area contributed by atoms with Crippen molar-refractivity contribution in [1.29, 1.82) is 0 Å². The number of nitrogens with one attached hydrogen (secondary N) is 1. The van der Waals surface area contributed by atoms with Gasteiger partial charge in [0, 0.05) is 18.7 Å². The number of hydrogen-bond donors (Lipinski definition) is 2. The van der Waals surface area contributed by atoms with Gasteiger partial charge in [0.1, 0.15) is 0 Å². The van der Waals surface area contributed by atoms with Crippen molar-refractivity contribution in [1.82, 2.24) is 10.2 Å². The normalized spacial score (nSPS) is 11.6. The minimum Gasteiger partial charge on any atom is -0.352 e. The van der Waals surface area contributed by atoms with Crippen molar-refractivity contribution in [2.45, 2.75) is 31.7 Å². The van der Waals surface area contributed by atoms with E-state index in [0.717, 1.165) is 19.5 Å². The van der Waals surface area contributed by atoms with E-state index < -0.39 is 10.0 Å². The van der Waals surface area contributed by atoms with Gasteiger partial charge in [-0.25, -0.2) is 13.6 Å². The van der Waals surface area contributed by atoms with Crippen LogP contribution < -0.4 is 10.5 Å². The van der Waals surface area contributed by atoms with E-state index in [9.17, 15) is 13.2 Å². The molecule has 0 fully saturated rings. The molecule has 2 aromatic rings. The second kappa shape index (κ2) is 9.12. The van der Waals surface area contributed by atoms with Crippen molar-refractivity contribution in [3.05, 3.63) is 64.7 Å². The molecule has 0 saturated heterocycles. The van der Waals surface area contributed by atoms with Gasteiger partial charge >= 0.3 is 0 Å². The molecule has 0 bridgehead atoms. The molecule has 3 N–H and O–H groups in total. The number of rotatable bonds is 8. The van der Waals surface area contributed by atoms with Crippen LogP contribution >= 0.6 is 0 Å². The van der Waals surface area contributed by atoms with Crippen molar-refractivity contribution in [2.24, 2.45) is 5.14 Å². The van der Waals surface area contributed by atoms with Crippen molar-refractivity contribution in [3.8, 4) is 0 Å². The third-order valence-electron chi connectivity index (χ3n) is 4.49. The van der Waals surface area contributed by atoms with Crippen LogP contribution in [-0.2, 0) is 16.6 Å². The zero-order valence-corrected chi connectivity index (χ0v) is 16.8. The highest BCUT2D eigenvalue weighted by Gasteiger charge is 2.17. The van der Waals surface area contributed by atoms with Gasteiger partial charge in [-0.3, -0.25) is 4.79 Å². The van der Waals surface area contributed by atoms with E-state index in [2.05, 4.69) is 22.3 Å². The summed E-state index contributed by atoms with van der Waals surface area (Å²) in [7, 11) is -1.83. The number of carbonyl (C=O) groups excluding carboxylic acids is 1. The van der Waals surface area contributed by atoms with Gasteiger partial charge in [0.25, 0.3) is 5.91 Å². The lowest BCUT2D eigenvalue weighted by Gasteiger charge is -2.17. The number of sulfonamides is 1. The Balaban J connectivity index is 1.88. The number of hydrogen-bond acceptors (Lipinski definition) is 4. The predicted octanol–water partition coefficient (Wildman–Crippen LogP) is 2.20. The molecule has 1 amide bonds. The number of carbonyl (C=O) groups is 1. The van der Waals surface area contributed by atoms with Gasteiger partial charge in [-0.1, -0.05) is 30.3 Å². The van der Waals surface area contributed by atoms with E-state index in [1.165, 1.54) is 11.6 Å². The van der Waals surface area contributed by atoms with Gasteiger partial charge in [0.2, 0.25) is 10.0 Å². The highest BCUT2D eigenvalue weighted by Crippen LogP contribution is 2.20. The molecule has 7 heteroatoms. The standard InChI is InChI=1S/C20H27N3O3S/c1-15-12-18(13-19(16(15)2)27(21,25)26)20(24)22-10-7-11-23(3)14-17-8-5-4-6-9-17/h4-6,8-9,12-13H,7,10-11,14H2,1-3H3,(H,22,24)(H2,21,25,26). The Kier molecular flexibility index (Phi) is 7.12. The molecule has 0 atom stereocenters. The first-order valence-corrected chi connectivity index (χ1v) is 10.4. The zero-order chi connectivity index (χ0) is 20.0. The predicted molar refractivity (Wildman–Crippen MR) is 107 cm³/mol. The van der Waals surface area contributed by atoms with E-state index in [-0.39, 0.29) is 10.8 Å². The number of aryl methyl sites for hydroxylation is 1. The summed E-state index contributed by atoms with van der Waals surface area (Å²) in [5, 5.41) is 8.09. The van der Waals surface area contributed by atoms with E-state index in [0.29, 0.717) is 23.2 Å². The fourth-order valence-corrected chi connectivity index (χ4v) is 3.76. The van der Waals surface area contributed by atoms with Crippen LogP contribution in [0.25, 0.3) is 0 Å². The van der Waals surface area contributed by atoms with E-state index in [1.54, 1.807) is 19.9 Å². The topological polar surface area (TPSA) is 92.5 Å². The third-order valence-corrected chi connectivity index (χ3v) is 5.52. The maximum Gasteiger partial charge on any atom is 0.251 e. The van der Waals surface area contributed by atoms with Crippen LogP contribution in [-0.4, -0.2) is 39.4 Å². The fraction of sp³-hybridized carbons (Fsp3) is 0.350. The summed E-state index contributed by atoms with van der Waals surface area (Å²) in [4.78, 5) is 14.5. The number of amides is 1. The second-order valence-corrected chi connectivity index (χ2v) is 8.32. The largest absolute Gasteiger partial charge is 0.352 e. The Morgan fingerprint density at radius 3 is 2.44 bits per heavy atom. The summed E-state index contributed by atoms with van der Waals surface area (Å²) >= 11 is 0. The summed E-state index contributed by atoms with van der Waals surface area (Å²) in [5.41, 5.74) is 2.83. The first-order valence-electron chi connectivity index (χ1n) is 8.83. The summed E-state index contributed by atoms with van der Waals surface area (Å²) < 4.78 is 23.4. The smallest absolute Gasteiger partial charge is 0.251 e. The minimum absolute atomic E-state index is 0.00440. The maximum absolute atomic E-state index is 12.4. The summed E-state index contributed by atoms with van der Waals surface area (Å²) in [6.45, 7) is 5.64. The van der Waals surface area contributed by atoms with Gasteiger partial charge in [-0.05, 0) is 62.7 Å². The highest BCUT2D eigenvalue weighted by atomic mass is 32.2. The SMILES string of the molecule is Cc1cc(C(=O)NCCCN(C)Cc2ccccc2)cc(S(N)(=O)=O)c1C. The Bertz CT molecular complexity index is 896. The first-order chi connectivity index (χ1) is 12.7. The first kappa shape index (κ1) is 21.1. The molecule has 0 aliphatic carbocycles. The van der Waals surface area contributed by atoms with Gasteiger partial charge in [0.15, 0.2) is 0 Å². The number of nitrogens with zero attached hydrogens (tertiary/aromatic N) is 1. The van der Waals surface area contributed by atoms with Crippen LogP contribution in [0, 0.1) is 13.8 Å². The van der Waals surface area contributed by atoms with Crippen LogP contribution in [0.1, 0.15) is 33.5 Å². The van der Waals surface area contributed by atoms with E-state index in [4.69, 9.17) is 5.14 Å². The molecular formula is C20H27N3O3S. The van der Waals surface area contributed by atoms with Crippen molar-refractivity contribution in [2.75, 3.05) is 20.1 Å². The quantitative estimate of drug-likeness (QED) is 0.677. The molecule has 6 nitrogen and oxygen atoms in total. The van der Waals surface area contributed by atoms with Crippen molar-refractivity contribution >= 4 is 15.9 Å². The Morgan fingerprint density at radius 2 is 1.81 bits per heavy atom. The maximum atomic E-state index is 12.4. The Hall–Kier alpha value is -2.22. The Morgan fingerprint density at radius 1 is 1.15 bits per heavy atom. The van der Waals surface area contributed by atoms with Crippen LogP contribution in [0.15, 0.2) is 47.4 Å². The molecule has 0 spiro atoms. The van der Waals surface area contributed by atoms with Crippen molar-refractivity contribution < 1.29 is 13.2 Å². The van der Waals surface area contributed by atoms with Crippen LogP contribution in [0.4, 0.5) is 0 Å². The molecule has 27 heavy (non-hydrogen) atoms. The van der Waals surface area contributed by atoms with Gasteiger partial charge in [-0.15, -0.1) is 0 Å².